The molecule has 1 saturated carbocycles. The molecule has 0 bridgehead atoms. The van der Waals surface area contributed by atoms with E-state index in [1.807, 2.05) is 0 Å². The molecular weight excluding hydrogens is 355 g/mol. The SMILES string of the molecule is O=C(O)c1csc(Cc2cc(C(F)(F)F)ccc2OCC2CCC2)n1. The van der Waals surface area contributed by atoms with E-state index < -0.39 is 17.7 Å². The van der Waals surface area contributed by atoms with Gasteiger partial charge in [-0.1, -0.05) is 6.42 Å². The van der Waals surface area contributed by atoms with Gasteiger partial charge in [0.25, 0.3) is 0 Å². The zero-order valence-corrected chi connectivity index (χ0v) is 14.0. The Morgan fingerprint density at radius 3 is 2.68 bits per heavy atom. The molecular formula is C17H16F3NO3S. The Hall–Kier alpha value is -2.09. The molecule has 4 nitrogen and oxygen atoms in total. The molecule has 1 fully saturated rings. The quantitative estimate of drug-likeness (QED) is 0.804. The van der Waals surface area contributed by atoms with Crippen molar-refractivity contribution in [1.82, 2.24) is 4.98 Å². The van der Waals surface area contributed by atoms with E-state index in [-0.39, 0.29) is 12.1 Å². The van der Waals surface area contributed by atoms with Gasteiger partial charge in [-0.3, -0.25) is 0 Å². The molecule has 8 heteroatoms. The van der Waals surface area contributed by atoms with Crippen molar-refractivity contribution in [2.75, 3.05) is 6.61 Å². The van der Waals surface area contributed by atoms with Crippen molar-refractivity contribution >= 4 is 17.3 Å². The molecule has 1 aliphatic rings. The second-order valence-corrected chi connectivity index (χ2v) is 6.98. The van der Waals surface area contributed by atoms with Crippen molar-refractivity contribution in [1.29, 1.82) is 0 Å². The molecule has 134 valence electrons. The molecule has 3 rings (SSSR count). The third-order valence-electron chi connectivity index (χ3n) is 4.20. The van der Waals surface area contributed by atoms with E-state index in [9.17, 15) is 18.0 Å². The highest BCUT2D eigenvalue weighted by Gasteiger charge is 2.31. The highest BCUT2D eigenvalue weighted by molar-refractivity contribution is 7.09. The number of rotatable bonds is 6. The number of aromatic nitrogens is 1. The summed E-state index contributed by atoms with van der Waals surface area (Å²) in [5, 5.41) is 10.7. The average molecular weight is 371 g/mol. The Morgan fingerprint density at radius 1 is 1.36 bits per heavy atom. The molecule has 1 aromatic heterocycles. The average Bonchev–Trinajstić information content (AvgIpc) is 2.94. The van der Waals surface area contributed by atoms with Crippen molar-refractivity contribution < 1.29 is 27.8 Å². The van der Waals surface area contributed by atoms with Gasteiger partial charge in [0.2, 0.25) is 0 Å². The minimum absolute atomic E-state index is 0.0991. The predicted molar refractivity (Wildman–Crippen MR) is 86.2 cm³/mol. The van der Waals surface area contributed by atoms with Crippen LogP contribution in [0.3, 0.4) is 0 Å². The fourth-order valence-electron chi connectivity index (χ4n) is 2.56. The number of benzene rings is 1. The van der Waals surface area contributed by atoms with Gasteiger partial charge in [0.1, 0.15) is 5.75 Å². The van der Waals surface area contributed by atoms with Crippen LogP contribution in [0.25, 0.3) is 0 Å². The summed E-state index contributed by atoms with van der Waals surface area (Å²) in [7, 11) is 0. The van der Waals surface area contributed by atoms with Crippen LogP contribution in [0, 0.1) is 5.92 Å². The Morgan fingerprint density at radius 2 is 2.12 bits per heavy atom. The number of aromatic carboxylic acids is 1. The smallest absolute Gasteiger partial charge is 0.416 e. The Kier molecular flexibility index (Phi) is 4.99. The number of carbonyl (C=O) groups is 1. The van der Waals surface area contributed by atoms with Crippen molar-refractivity contribution in [3.63, 3.8) is 0 Å². The number of thiazole rings is 1. The molecule has 0 saturated heterocycles. The summed E-state index contributed by atoms with van der Waals surface area (Å²) in [4.78, 5) is 14.8. The molecule has 1 aromatic carbocycles. The molecule has 1 N–H and O–H groups in total. The third kappa shape index (κ3) is 4.31. The van der Waals surface area contributed by atoms with E-state index in [0.717, 1.165) is 42.7 Å². The predicted octanol–water partition coefficient (Wildman–Crippen LogP) is 4.63. The topological polar surface area (TPSA) is 59.4 Å². The van der Waals surface area contributed by atoms with Crippen LogP contribution in [-0.2, 0) is 12.6 Å². The van der Waals surface area contributed by atoms with E-state index in [1.54, 1.807) is 0 Å². The molecule has 25 heavy (non-hydrogen) atoms. The summed E-state index contributed by atoms with van der Waals surface area (Å²) in [5.41, 5.74) is -0.502. The first kappa shape index (κ1) is 17.7. The van der Waals surface area contributed by atoms with Crippen LogP contribution in [0.15, 0.2) is 23.6 Å². The van der Waals surface area contributed by atoms with Gasteiger partial charge in [-0.05, 0) is 37.0 Å². The number of nitrogens with zero attached hydrogens (tertiary/aromatic N) is 1. The van der Waals surface area contributed by atoms with Gasteiger partial charge in [0, 0.05) is 17.4 Å². The van der Waals surface area contributed by atoms with Crippen molar-refractivity contribution in [2.45, 2.75) is 31.9 Å². The van der Waals surface area contributed by atoms with Gasteiger partial charge in [-0.15, -0.1) is 11.3 Å². The van der Waals surface area contributed by atoms with Crippen LogP contribution >= 0.6 is 11.3 Å². The summed E-state index contributed by atoms with van der Waals surface area (Å²) in [5.74, 6) is -0.311. The van der Waals surface area contributed by atoms with Crippen molar-refractivity contribution in [2.24, 2.45) is 5.92 Å². The van der Waals surface area contributed by atoms with Crippen LogP contribution < -0.4 is 4.74 Å². The number of hydrogen-bond acceptors (Lipinski definition) is 4. The van der Waals surface area contributed by atoms with E-state index in [0.29, 0.717) is 28.8 Å². The van der Waals surface area contributed by atoms with E-state index >= 15 is 0 Å². The molecule has 0 aliphatic heterocycles. The second kappa shape index (κ2) is 7.03. The van der Waals surface area contributed by atoms with Gasteiger partial charge in [-0.2, -0.15) is 13.2 Å². The Balaban J connectivity index is 1.84. The minimum atomic E-state index is -4.45. The molecule has 0 atom stereocenters. The Labute approximate surface area is 146 Å². The fourth-order valence-corrected chi connectivity index (χ4v) is 3.35. The van der Waals surface area contributed by atoms with E-state index in [4.69, 9.17) is 9.84 Å². The zero-order chi connectivity index (χ0) is 18.0. The van der Waals surface area contributed by atoms with Gasteiger partial charge >= 0.3 is 12.1 Å². The maximum absolute atomic E-state index is 13.0. The lowest BCUT2D eigenvalue weighted by Gasteiger charge is -2.25. The Bertz CT molecular complexity index is 769. The summed E-state index contributed by atoms with van der Waals surface area (Å²) < 4.78 is 44.7. The molecule has 1 heterocycles. The largest absolute Gasteiger partial charge is 0.493 e. The first-order chi connectivity index (χ1) is 11.8. The summed E-state index contributed by atoms with van der Waals surface area (Å²) in [6.07, 6.45) is -1.04. The standard InChI is InChI=1S/C17H16F3NO3S/c18-17(19,20)12-4-5-14(24-8-10-2-1-3-10)11(6-12)7-15-21-13(9-25-15)16(22)23/h4-6,9-10H,1-3,7-8H2,(H,22,23). The van der Waals surface area contributed by atoms with Gasteiger partial charge in [0.15, 0.2) is 5.69 Å². The monoisotopic (exact) mass is 371 g/mol. The van der Waals surface area contributed by atoms with Crippen molar-refractivity contribution in [3.05, 3.63) is 45.4 Å². The number of hydrogen-bond donors (Lipinski definition) is 1. The first-order valence-corrected chi connectivity index (χ1v) is 8.71. The molecule has 1 aliphatic carbocycles. The first-order valence-electron chi connectivity index (χ1n) is 7.83. The maximum Gasteiger partial charge on any atom is 0.416 e. The van der Waals surface area contributed by atoms with Crippen LogP contribution in [0.2, 0.25) is 0 Å². The van der Waals surface area contributed by atoms with Crippen molar-refractivity contribution in [3.8, 4) is 5.75 Å². The van der Waals surface area contributed by atoms with Crippen LogP contribution in [0.5, 0.6) is 5.75 Å². The number of alkyl halides is 3. The van der Waals surface area contributed by atoms with E-state index in [1.165, 1.54) is 11.4 Å². The van der Waals surface area contributed by atoms with Gasteiger partial charge < -0.3 is 9.84 Å². The van der Waals surface area contributed by atoms with E-state index in [2.05, 4.69) is 4.98 Å². The lowest BCUT2D eigenvalue weighted by atomic mass is 9.86. The second-order valence-electron chi connectivity index (χ2n) is 6.04. The van der Waals surface area contributed by atoms with Crippen LogP contribution in [0.1, 0.15) is 45.9 Å². The van der Waals surface area contributed by atoms with Gasteiger partial charge in [-0.25, -0.2) is 9.78 Å². The molecule has 0 unspecified atom stereocenters. The molecule has 0 amide bonds. The number of halogens is 3. The summed E-state index contributed by atoms with van der Waals surface area (Å²) in [6.45, 7) is 0.483. The normalized spacial score (nSPS) is 15.0. The maximum atomic E-state index is 13.0. The van der Waals surface area contributed by atoms with Crippen LogP contribution in [-0.4, -0.2) is 22.7 Å². The van der Waals surface area contributed by atoms with Gasteiger partial charge in [0.05, 0.1) is 17.2 Å². The number of carboxylic acids is 1. The molecule has 0 radical (unpaired) electrons. The number of carboxylic acid groups (broad SMARTS) is 1. The fraction of sp³-hybridized carbons (Fsp3) is 0.412. The highest BCUT2D eigenvalue weighted by atomic mass is 32.1. The lowest BCUT2D eigenvalue weighted by Crippen LogP contribution is -2.19. The third-order valence-corrected chi connectivity index (χ3v) is 5.05. The van der Waals surface area contributed by atoms with Crippen LogP contribution in [0.4, 0.5) is 13.2 Å². The summed E-state index contributed by atoms with van der Waals surface area (Å²) in [6, 6.07) is 3.39. The molecule has 2 aromatic rings. The zero-order valence-electron chi connectivity index (χ0n) is 13.2. The minimum Gasteiger partial charge on any atom is -0.493 e. The lowest BCUT2D eigenvalue weighted by molar-refractivity contribution is -0.137. The highest BCUT2D eigenvalue weighted by Crippen LogP contribution is 2.35. The summed E-state index contributed by atoms with van der Waals surface area (Å²) >= 11 is 1.11. The number of ether oxygens (including phenoxy) is 1. The molecule has 0 spiro atoms.